The van der Waals surface area contributed by atoms with Gasteiger partial charge in [-0.2, -0.15) is 23.8 Å². The van der Waals surface area contributed by atoms with Gasteiger partial charge in [-0.15, -0.1) is 0 Å². The van der Waals surface area contributed by atoms with E-state index in [0.29, 0.717) is 35.2 Å². The van der Waals surface area contributed by atoms with Crippen LogP contribution in [0, 0.1) is 11.7 Å². The van der Waals surface area contributed by atoms with Crippen LogP contribution >= 0.6 is 0 Å². The van der Waals surface area contributed by atoms with Crippen molar-refractivity contribution in [2.45, 2.75) is 19.4 Å². The zero-order valence-corrected chi connectivity index (χ0v) is 17.3. The monoisotopic (exact) mass is 445 g/mol. The molecule has 5 rings (SSSR count). The minimum Gasteiger partial charge on any atom is -0.369 e. The number of benzene rings is 1. The Labute approximate surface area is 177 Å². The molecule has 12 heteroatoms. The van der Waals surface area contributed by atoms with E-state index in [1.165, 1.54) is 25.0 Å². The summed E-state index contributed by atoms with van der Waals surface area (Å²) in [6.45, 7) is 0.836. The van der Waals surface area contributed by atoms with Crippen molar-refractivity contribution >= 4 is 27.2 Å². The Morgan fingerprint density at radius 2 is 1.77 bits per heavy atom. The van der Waals surface area contributed by atoms with Crippen LogP contribution in [0.3, 0.4) is 0 Å². The van der Waals surface area contributed by atoms with E-state index < -0.39 is 10.1 Å². The third-order valence-electron chi connectivity index (χ3n) is 4.67. The second-order valence-corrected chi connectivity index (χ2v) is 8.79. The molecule has 1 fully saturated rings. The lowest BCUT2D eigenvalue weighted by molar-refractivity contribution is 0.490. The summed E-state index contributed by atoms with van der Waals surface area (Å²) in [6.07, 6.45) is 3.15. The first-order valence-electron chi connectivity index (χ1n) is 9.41. The summed E-state index contributed by atoms with van der Waals surface area (Å²) in [6, 6.07) is 9.88. The third kappa shape index (κ3) is 5.03. The van der Waals surface area contributed by atoms with Crippen LogP contribution in [-0.2, 0) is 16.7 Å². The van der Waals surface area contributed by atoms with E-state index in [2.05, 4.69) is 20.4 Å². The van der Waals surface area contributed by atoms with Crippen LogP contribution in [0.5, 0.6) is 0 Å². The predicted molar refractivity (Wildman–Crippen MR) is 113 cm³/mol. The molecule has 31 heavy (non-hydrogen) atoms. The normalized spacial score (nSPS) is 13.8. The van der Waals surface area contributed by atoms with Crippen molar-refractivity contribution in [2.24, 2.45) is 5.92 Å². The number of nitrogens with one attached hydrogen (secondary N) is 1. The van der Waals surface area contributed by atoms with Crippen molar-refractivity contribution in [3.63, 3.8) is 0 Å². The van der Waals surface area contributed by atoms with E-state index in [1.807, 2.05) is 16.7 Å². The molecule has 0 amide bonds. The standard InChI is InChI=1S/C18H16FN7.CH4O3S/c19-12-5-3-11(4-6-12)15-16(24-25-23-15)13-7-8-14-17(21-13)26(18(20)22-14)9-10-1-2-10;1-5(2,3)4/h3-8,10H,1-2,9H2,(H2,20,22)(H,23,24,25);1H3,(H,2,3,4). The number of H-pyrrole nitrogens is 1. The number of hydrogen-bond acceptors (Lipinski definition) is 7. The van der Waals surface area contributed by atoms with Gasteiger partial charge in [0.15, 0.2) is 5.65 Å². The molecule has 0 aliphatic heterocycles. The topological polar surface area (TPSA) is 153 Å². The van der Waals surface area contributed by atoms with Crippen LogP contribution in [0.15, 0.2) is 36.4 Å². The molecule has 10 nitrogen and oxygen atoms in total. The number of aromatic amines is 1. The number of nitrogen functional groups attached to an aromatic ring is 1. The Kier molecular flexibility index (Phi) is 5.41. The van der Waals surface area contributed by atoms with Gasteiger partial charge in [-0.05, 0) is 55.2 Å². The molecule has 1 aromatic carbocycles. The van der Waals surface area contributed by atoms with Crippen molar-refractivity contribution in [2.75, 3.05) is 12.0 Å². The number of nitrogens with two attached hydrogens (primary N) is 1. The fraction of sp³-hybridized carbons (Fsp3) is 0.263. The smallest absolute Gasteiger partial charge is 0.261 e. The highest BCUT2D eigenvalue weighted by molar-refractivity contribution is 7.85. The van der Waals surface area contributed by atoms with Crippen molar-refractivity contribution in [3.05, 3.63) is 42.2 Å². The van der Waals surface area contributed by atoms with Crippen LogP contribution in [0.4, 0.5) is 10.3 Å². The summed E-state index contributed by atoms with van der Waals surface area (Å²) in [5.41, 5.74) is 10.3. The number of hydrogen-bond donors (Lipinski definition) is 3. The molecule has 0 radical (unpaired) electrons. The van der Waals surface area contributed by atoms with Gasteiger partial charge in [0, 0.05) is 12.1 Å². The average molecular weight is 445 g/mol. The van der Waals surface area contributed by atoms with Gasteiger partial charge in [0.05, 0.1) is 11.9 Å². The first-order valence-corrected chi connectivity index (χ1v) is 11.3. The Morgan fingerprint density at radius 1 is 1.13 bits per heavy atom. The summed E-state index contributed by atoms with van der Waals surface area (Å²) >= 11 is 0. The zero-order valence-electron chi connectivity index (χ0n) is 16.5. The third-order valence-corrected chi connectivity index (χ3v) is 4.67. The summed E-state index contributed by atoms with van der Waals surface area (Å²) in [4.78, 5) is 9.15. The minimum absolute atomic E-state index is 0.294. The highest BCUT2D eigenvalue weighted by Crippen LogP contribution is 2.33. The lowest BCUT2D eigenvalue weighted by atomic mass is 10.1. The fourth-order valence-corrected chi connectivity index (χ4v) is 3.11. The number of anilines is 1. The highest BCUT2D eigenvalue weighted by atomic mass is 32.2. The fourth-order valence-electron chi connectivity index (χ4n) is 3.11. The maximum absolute atomic E-state index is 13.2. The number of fused-ring (bicyclic) bond motifs is 1. The van der Waals surface area contributed by atoms with Gasteiger partial charge < -0.3 is 5.73 Å². The van der Waals surface area contributed by atoms with Crippen molar-refractivity contribution in [1.82, 2.24) is 29.9 Å². The van der Waals surface area contributed by atoms with Crippen molar-refractivity contribution in [1.29, 1.82) is 0 Å². The van der Waals surface area contributed by atoms with Gasteiger partial charge in [-0.1, -0.05) is 0 Å². The number of pyridine rings is 1. The van der Waals surface area contributed by atoms with E-state index in [4.69, 9.17) is 15.3 Å². The largest absolute Gasteiger partial charge is 0.369 e. The summed E-state index contributed by atoms with van der Waals surface area (Å²) in [5, 5.41) is 11.1. The summed E-state index contributed by atoms with van der Waals surface area (Å²) < 4.78 is 41.0. The molecule has 162 valence electrons. The molecule has 0 bridgehead atoms. The molecule has 3 heterocycles. The lowest BCUT2D eigenvalue weighted by Crippen LogP contribution is -2.05. The SMILES string of the molecule is CS(=O)(=O)O.Nc1nc2ccc(-c3n[nH]nc3-c3ccc(F)cc3)nc2n1CC1CC1. The summed E-state index contributed by atoms with van der Waals surface area (Å²) in [7, 11) is -3.67. The molecule has 0 atom stereocenters. The molecular weight excluding hydrogens is 425 g/mol. The van der Waals surface area contributed by atoms with Gasteiger partial charge in [0.1, 0.15) is 22.7 Å². The van der Waals surface area contributed by atoms with Gasteiger partial charge in [-0.3, -0.25) is 9.12 Å². The maximum Gasteiger partial charge on any atom is 0.261 e. The number of halogens is 1. The Balaban J connectivity index is 0.000000418. The second-order valence-electron chi connectivity index (χ2n) is 7.32. The molecule has 1 saturated carbocycles. The van der Waals surface area contributed by atoms with Crippen LogP contribution < -0.4 is 5.73 Å². The quantitative estimate of drug-likeness (QED) is 0.405. The molecule has 4 aromatic rings. The first-order chi connectivity index (χ1) is 14.7. The summed E-state index contributed by atoms with van der Waals surface area (Å²) in [5.74, 6) is 0.843. The van der Waals surface area contributed by atoms with E-state index >= 15 is 0 Å². The van der Waals surface area contributed by atoms with Crippen LogP contribution in [0.1, 0.15) is 12.8 Å². The van der Waals surface area contributed by atoms with Gasteiger partial charge in [0.2, 0.25) is 5.95 Å². The predicted octanol–water partition coefficient (Wildman–Crippen LogP) is 2.52. The molecule has 4 N–H and O–H groups in total. The number of rotatable bonds is 4. The first kappa shape index (κ1) is 20.9. The Bertz CT molecular complexity index is 1320. The molecule has 3 aromatic heterocycles. The molecule has 0 spiro atoms. The second kappa shape index (κ2) is 8.04. The van der Waals surface area contributed by atoms with Crippen LogP contribution in [-0.4, -0.2) is 49.2 Å². The molecule has 0 saturated heterocycles. The van der Waals surface area contributed by atoms with Crippen LogP contribution in [0.25, 0.3) is 33.8 Å². The zero-order chi connectivity index (χ0) is 22.2. The lowest BCUT2D eigenvalue weighted by Gasteiger charge is -2.05. The number of imidazole rings is 1. The van der Waals surface area contributed by atoms with Crippen molar-refractivity contribution in [3.8, 4) is 22.6 Å². The van der Waals surface area contributed by atoms with E-state index in [-0.39, 0.29) is 5.82 Å². The highest BCUT2D eigenvalue weighted by Gasteiger charge is 2.24. The molecule has 0 unspecified atom stereocenters. The number of nitrogens with zero attached hydrogens (tertiary/aromatic N) is 5. The van der Waals surface area contributed by atoms with Crippen molar-refractivity contribution < 1.29 is 17.4 Å². The maximum atomic E-state index is 13.2. The van der Waals surface area contributed by atoms with Gasteiger partial charge >= 0.3 is 0 Å². The van der Waals surface area contributed by atoms with Gasteiger partial charge in [-0.25, -0.2) is 14.4 Å². The van der Waals surface area contributed by atoms with Gasteiger partial charge in [0.25, 0.3) is 10.1 Å². The molecule has 1 aliphatic rings. The Morgan fingerprint density at radius 3 is 2.42 bits per heavy atom. The Hall–Kier alpha value is -3.38. The van der Waals surface area contributed by atoms with E-state index in [1.54, 1.807) is 12.1 Å². The van der Waals surface area contributed by atoms with E-state index in [0.717, 1.165) is 23.3 Å². The average Bonchev–Trinajstić information content (AvgIpc) is 3.29. The molecule has 1 aliphatic carbocycles. The van der Waals surface area contributed by atoms with E-state index in [9.17, 15) is 12.8 Å². The molecular formula is C19H20FN7O3S. The number of aromatic nitrogens is 6. The minimum atomic E-state index is -3.67. The van der Waals surface area contributed by atoms with Crippen LogP contribution in [0.2, 0.25) is 0 Å².